The van der Waals surface area contributed by atoms with Crippen LogP contribution in [0.5, 0.6) is 5.75 Å². The van der Waals surface area contributed by atoms with Crippen LogP contribution in [0.4, 0.5) is 4.39 Å². The van der Waals surface area contributed by atoms with Gasteiger partial charge in [0, 0.05) is 5.92 Å². The van der Waals surface area contributed by atoms with Crippen LogP contribution in [0.2, 0.25) is 0 Å². The first kappa shape index (κ1) is 12.2. The van der Waals surface area contributed by atoms with Crippen molar-refractivity contribution in [2.45, 2.75) is 13.8 Å². The molecule has 1 aromatic carbocycles. The molecule has 0 aliphatic heterocycles. The number of methoxy groups -OCH3 is 1. The van der Waals surface area contributed by atoms with E-state index in [0.29, 0.717) is 10.2 Å². The lowest BCUT2D eigenvalue weighted by atomic mass is 10.0. The fourth-order valence-corrected chi connectivity index (χ4v) is 1.52. The molecule has 4 heteroatoms. The van der Waals surface area contributed by atoms with E-state index >= 15 is 0 Å². The van der Waals surface area contributed by atoms with Crippen molar-refractivity contribution in [2.75, 3.05) is 7.11 Å². The zero-order chi connectivity index (χ0) is 11.6. The molecule has 1 aromatic rings. The second-order valence-corrected chi connectivity index (χ2v) is 4.34. The third-order valence-electron chi connectivity index (χ3n) is 2.03. The fraction of sp³-hybridized carbons (Fsp3) is 0.364. The number of carbonyl (C=O) groups excluding carboxylic acids is 1. The number of hydrogen-bond acceptors (Lipinski definition) is 2. The van der Waals surface area contributed by atoms with Crippen molar-refractivity contribution in [3.63, 3.8) is 0 Å². The molecule has 0 amide bonds. The van der Waals surface area contributed by atoms with Gasteiger partial charge in [0.1, 0.15) is 11.6 Å². The van der Waals surface area contributed by atoms with Crippen molar-refractivity contribution in [1.82, 2.24) is 0 Å². The molecular weight excluding hydrogens is 263 g/mol. The summed E-state index contributed by atoms with van der Waals surface area (Å²) in [6, 6.07) is 2.66. The van der Waals surface area contributed by atoms with Crippen LogP contribution in [0.3, 0.4) is 0 Å². The van der Waals surface area contributed by atoms with Crippen molar-refractivity contribution < 1.29 is 13.9 Å². The van der Waals surface area contributed by atoms with Gasteiger partial charge < -0.3 is 4.74 Å². The normalized spacial score (nSPS) is 10.5. The molecule has 0 bridgehead atoms. The first-order chi connectivity index (χ1) is 6.97. The van der Waals surface area contributed by atoms with E-state index in [4.69, 9.17) is 4.74 Å². The molecule has 1 rings (SSSR count). The first-order valence-corrected chi connectivity index (χ1v) is 5.34. The molecule has 0 heterocycles. The highest BCUT2D eigenvalue weighted by molar-refractivity contribution is 9.10. The molecule has 0 atom stereocenters. The minimum atomic E-state index is -0.459. The van der Waals surface area contributed by atoms with E-state index in [1.807, 2.05) is 0 Å². The van der Waals surface area contributed by atoms with E-state index in [2.05, 4.69) is 15.9 Å². The Hall–Kier alpha value is -0.900. The molecule has 0 saturated carbocycles. The predicted octanol–water partition coefficient (Wildman–Crippen LogP) is 3.44. The molecule has 0 aliphatic carbocycles. The molecule has 0 aliphatic rings. The second kappa shape index (κ2) is 4.75. The lowest BCUT2D eigenvalue weighted by molar-refractivity contribution is 0.0936. The average Bonchev–Trinajstić information content (AvgIpc) is 2.20. The van der Waals surface area contributed by atoms with Crippen LogP contribution in [0.1, 0.15) is 24.2 Å². The number of benzene rings is 1. The van der Waals surface area contributed by atoms with Crippen LogP contribution < -0.4 is 4.74 Å². The van der Waals surface area contributed by atoms with Gasteiger partial charge in [0.05, 0.1) is 17.1 Å². The second-order valence-electron chi connectivity index (χ2n) is 3.49. The molecule has 0 fully saturated rings. The maximum atomic E-state index is 13.3. The summed E-state index contributed by atoms with van der Waals surface area (Å²) in [6.07, 6.45) is 0. The third kappa shape index (κ3) is 2.56. The zero-order valence-electron chi connectivity index (χ0n) is 8.80. The number of halogens is 2. The van der Waals surface area contributed by atoms with Gasteiger partial charge in [-0.15, -0.1) is 0 Å². The van der Waals surface area contributed by atoms with E-state index in [-0.39, 0.29) is 17.3 Å². The van der Waals surface area contributed by atoms with E-state index in [0.717, 1.165) is 0 Å². The Morgan fingerprint density at radius 2 is 2.07 bits per heavy atom. The summed E-state index contributed by atoms with van der Waals surface area (Å²) in [5.41, 5.74) is 0.285. The summed E-state index contributed by atoms with van der Waals surface area (Å²) in [7, 11) is 1.46. The van der Waals surface area contributed by atoms with Crippen LogP contribution in [0.25, 0.3) is 0 Å². The Balaban J connectivity index is 3.27. The van der Waals surface area contributed by atoms with Gasteiger partial charge in [-0.05, 0) is 28.1 Å². The Labute approximate surface area is 96.6 Å². The van der Waals surface area contributed by atoms with E-state index < -0.39 is 5.82 Å². The van der Waals surface area contributed by atoms with Gasteiger partial charge in [-0.1, -0.05) is 13.8 Å². The topological polar surface area (TPSA) is 26.3 Å². The number of ketones is 1. The number of hydrogen-bond donors (Lipinski definition) is 0. The van der Waals surface area contributed by atoms with Gasteiger partial charge in [0.15, 0.2) is 5.78 Å². The van der Waals surface area contributed by atoms with E-state index in [1.165, 1.54) is 19.2 Å². The van der Waals surface area contributed by atoms with Crippen LogP contribution in [0, 0.1) is 11.7 Å². The summed E-state index contributed by atoms with van der Waals surface area (Å²) in [6.45, 7) is 3.53. The SMILES string of the molecule is COc1cc(Br)c(F)cc1C(=O)C(C)C. The molecule has 0 radical (unpaired) electrons. The quantitative estimate of drug-likeness (QED) is 0.790. The highest BCUT2D eigenvalue weighted by Crippen LogP contribution is 2.28. The molecule has 0 N–H and O–H groups in total. The van der Waals surface area contributed by atoms with Crippen LogP contribution in [0.15, 0.2) is 16.6 Å². The minimum Gasteiger partial charge on any atom is -0.496 e. The standard InChI is InChI=1S/C11H12BrFO2/c1-6(2)11(14)7-4-9(13)8(12)5-10(7)15-3/h4-6H,1-3H3. The maximum Gasteiger partial charge on any atom is 0.169 e. The molecule has 0 aromatic heterocycles. The lowest BCUT2D eigenvalue weighted by Crippen LogP contribution is -2.09. The van der Waals surface area contributed by atoms with Crippen molar-refractivity contribution in [3.8, 4) is 5.75 Å². The molecule has 82 valence electrons. The van der Waals surface area contributed by atoms with Gasteiger partial charge in [-0.2, -0.15) is 0 Å². The number of ether oxygens (including phenoxy) is 1. The summed E-state index contributed by atoms with van der Waals surface area (Å²) in [5.74, 6) is -0.375. The van der Waals surface area contributed by atoms with E-state index in [9.17, 15) is 9.18 Å². The lowest BCUT2D eigenvalue weighted by Gasteiger charge is -2.10. The largest absolute Gasteiger partial charge is 0.496 e. The summed E-state index contributed by atoms with van der Waals surface area (Å²) in [5, 5.41) is 0. The van der Waals surface area contributed by atoms with Gasteiger partial charge in [0.25, 0.3) is 0 Å². The molecular formula is C11H12BrFO2. The van der Waals surface area contributed by atoms with Crippen molar-refractivity contribution in [2.24, 2.45) is 5.92 Å². The Morgan fingerprint density at radius 1 is 1.47 bits per heavy atom. The van der Waals surface area contributed by atoms with Crippen LogP contribution >= 0.6 is 15.9 Å². The monoisotopic (exact) mass is 274 g/mol. The summed E-state index contributed by atoms with van der Waals surface area (Å²) >= 11 is 3.04. The molecule has 0 spiro atoms. The fourth-order valence-electron chi connectivity index (χ4n) is 1.20. The number of Topliss-reactive ketones (excluding diaryl/α,β-unsaturated/α-hetero) is 1. The zero-order valence-corrected chi connectivity index (χ0v) is 10.4. The smallest absolute Gasteiger partial charge is 0.169 e. The van der Waals surface area contributed by atoms with Crippen LogP contribution in [-0.4, -0.2) is 12.9 Å². The van der Waals surface area contributed by atoms with Crippen LogP contribution in [-0.2, 0) is 0 Å². The number of carbonyl (C=O) groups is 1. The van der Waals surface area contributed by atoms with E-state index in [1.54, 1.807) is 13.8 Å². The highest BCUT2D eigenvalue weighted by Gasteiger charge is 2.18. The summed E-state index contributed by atoms with van der Waals surface area (Å²) in [4.78, 5) is 11.7. The van der Waals surface area contributed by atoms with Gasteiger partial charge in [-0.3, -0.25) is 4.79 Å². The van der Waals surface area contributed by atoms with Gasteiger partial charge in [-0.25, -0.2) is 4.39 Å². The minimum absolute atomic E-state index is 0.127. The molecule has 0 unspecified atom stereocenters. The molecule has 0 saturated heterocycles. The van der Waals surface area contributed by atoms with Crippen molar-refractivity contribution in [1.29, 1.82) is 0 Å². The predicted molar refractivity (Wildman–Crippen MR) is 59.8 cm³/mol. The van der Waals surface area contributed by atoms with Crippen molar-refractivity contribution in [3.05, 3.63) is 28.0 Å². The highest BCUT2D eigenvalue weighted by atomic mass is 79.9. The summed E-state index contributed by atoms with van der Waals surface area (Å²) < 4.78 is 18.6. The molecule has 15 heavy (non-hydrogen) atoms. The third-order valence-corrected chi connectivity index (χ3v) is 2.64. The van der Waals surface area contributed by atoms with Gasteiger partial charge >= 0.3 is 0 Å². The maximum absolute atomic E-state index is 13.3. The first-order valence-electron chi connectivity index (χ1n) is 4.54. The average molecular weight is 275 g/mol. The Kier molecular flexibility index (Phi) is 3.85. The van der Waals surface area contributed by atoms with Crippen molar-refractivity contribution >= 4 is 21.7 Å². The Morgan fingerprint density at radius 3 is 2.53 bits per heavy atom. The number of rotatable bonds is 3. The Bertz CT molecular complexity index is 388. The molecule has 2 nitrogen and oxygen atoms in total. The van der Waals surface area contributed by atoms with Gasteiger partial charge in [0.2, 0.25) is 0 Å².